The molecule has 98 valence electrons. The summed E-state index contributed by atoms with van der Waals surface area (Å²) in [6.45, 7) is 1.74. The Morgan fingerprint density at radius 1 is 1.33 bits per heavy atom. The van der Waals surface area contributed by atoms with Gasteiger partial charge in [-0.2, -0.15) is 0 Å². The van der Waals surface area contributed by atoms with Gasteiger partial charge in [0, 0.05) is 25.7 Å². The summed E-state index contributed by atoms with van der Waals surface area (Å²) in [5.41, 5.74) is 7.13. The topological polar surface area (TPSA) is 64.8 Å². The summed E-state index contributed by atoms with van der Waals surface area (Å²) < 4.78 is 10.5. The van der Waals surface area contributed by atoms with Crippen LogP contribution in [0.4, 0.5) is 0 Å². The maximum Gasteiger partial charge on any atom is 0.257 e. The summed E-state index contributed by atoms with van der Waals surface area (Å²) in [5, 5.41) is 0. The van der Waals surface area contributed by atoms with Crippen LogP contribution in [0.2, 0.25) is 0 Å². The summed E-state index contributed by atoms with van der Waals surface area (Å²) in [6, 6.07) is 3.64. The molecule has 0 aliphatic carbocycles. The molecule has 0 bridgehead atoms. The van der Waals surface area contributed by atoms with E-state index in [0.29, 0.717) is 36.7 Å². The first-order valence-electron chi connectivity index (χ1n) is 5.95. The normalized spacial score (nSPS) is 14.4. The SMILES string of the molecule is COc1cc2c(c(OC)c1)C(=O)N(CCN)CC2. The van der Waals surface area contributed by atoms with E-state index in [1.807, 2.05) is 6.07 Å². The smallest absolute Gasteiger partial charge is 0.257 e. The highest BCUT2D eigenvalue weighted by atomic mass is 16.5. The van der Waals surface area contributed by atoms with Gasteiger partial charge in [0.15, 0.2) is 0 Å². The van der Waals surface area contributed by atoms with Gasteiger partial charge in [-0.15, -0.1) is 0 Å². The van der Waals surface area contributed by atoms with Crippen LogP contribution in [0.15, 0.2) is 12.1 Å². The number of nitrogens with zero attached hydrogens (tertiary/aromatic N) is 1. The molecule has 1 heterocycles. The van der Waals surface area contributed by atoms with Gasteiger partial charge >= 0.3 is 0 Å². The lowest BCUT2D eigenvalue weighted by Gasteiger charge is -2.29. The lowest BCUT2D eigenvalue weighted by atomic mass is 9.97. The molecule has 2 N–H and O–H groups in total. The Morgan fingerprint density at radius 2 is 2.11 bits per heavy atom. The lowest BCUT2D eigenvalue weighted by Crippen LogP contribution is -2.40. The van der Waals surface area contributed by atoms with Gasteiger partial charge in [-0.25, -0.2) is 0 Å². The minimum absolute atomic E-state index is 0.0128. The van der Waals surface area contributed by atoms with Crippen LogP contribution in [0.1, 0.15) is 15.9 Å². The Balaban J connectivity index is 2.43. The molecule has 1 aromatic rings. The van der Waals surface area contributed by atoms with E-state index < -0.39 is 0 Å². The second kappa shape index (κ2) is 5.27. The number of methoxy groups -OCH3 is 2. The molecule has 0 saturated carbocycles. The number of fused-ring (bicyclic) bond motifs is 1. The zero-order valence-electron chi connectivity index (χ0n) is 10.7. The molecule has 0 saturated heterocycles. The van der Waals surface area contributed by atoms with Crippen LogP contribution in [0.3, 0.4) is 0 Å². The Bertz CT molecular complexity index is 443. The molecule has 0 spiro atoms. The summed E-state index contributed by atoms with van der Waals surface area (Å²) in [7, 11) is 3.16. The van der Waals surface area contributed by atoms with Crippen molar-refractivity contribution < 1.29 is 14.3 Å². The second-order valence-electron chi connectivity index (χ2n) is 4.19. The largest absolute Gasteiger partial charge is 0.497 e. The molecule has 0 atom stereocenters. The molecule has 0 unspecified atom stereocenters. The number of hydrogen-bond acceptors (Lipinski definition) is 4. The molecule has 1 aromatic carbocycles. The van der Waals surface area contributed by atoms with Gasteiger partial charge in [-0.1, -0.05) is 0 Å². The Kier molecular flexibility index (Phi) is 3.72. The third-order valence-electron chi connectivity index (χ3n) is 3.16. The van der Waals surface area contributed by atoms with Crippen molar-refractivity contribution in [3.8, 4) is 11.5 Å². The predicted octanol–water partition coefficient (Wildman–Crippen LogP) is 0.661. The van der Waals surface area contributed by atoms with Gasteiger partial charge < -0.3 is 20.1 Å². The van der Waals surface area contributed by atoms with Crippen molar-refractivity contribution >= 4 is 5.91 Å². The van der Waals surface area contributed by atoms with Crippen molar-refractivity contribution in [2.24, 2.45) is 5.73 Å². The monoisotopic (exact) mass is 250 g/mol. The molecule has 5 heteroatoms. The van der Waals surface area contributed by atoms with Crippen LogP contribution < -0.4 is 15.2 Å². The van der Waals surface area contributed by atoms with Crippen LogP contribution in [-0.4, -0.2) is 44.7 Å². The van der Waals surface area contributed by atoms with Crippen LogP contribution >= 0.6 is 0 Å². The van der Waals surface area contributed by atoms with E-state index in [2.05, 4.69) is 0 Å². The maximum absolute atomic E-state index is 12.3. The zero-order chi connectivity index (χ0) is 13.1. The van der Waals surface area contributed by atoms with E-state index in [9.17, 15) is 4.79 Å². The van der Waals surface area contributed by atoms with Gasteiger partial charge in [0.2, 0.25) is 0 Å². The van der Waals surface area contributed by atoms with Crippen molar-refractivity contribution in [2.45, 2.75) is 6.42 Å². The second-order valence-corrected chi connectivity index (χ2v) is 4.19. The Morgan fingerprint density at radius 3 is 2.72 bits per heavy atom. The number of benzene rings is 1. The summed E-state index contributed by atoms with van der Waals surface area (Å²) in [4.78, 5) is 14.1. The van der Waals surface area contributed by atoms with Crippen molar-refractivity contribution in [1.29, 1.82) is 0 Å². The van der Waals surface area contributed by atoms with E-state index in [1.54, 1.807) is 25.2 Å². The Labute approximate surface area is 106 Å². The first-order chi connectivity index (χ1) is 8.71. The van der Waals surface area contributed by atoms with Gasteiger partial charge in [0.05, 0.1) is 19.8 Å². The average molecular weight is 250 g/mol. The molecular formula is C13H18N2O3. The summed E-state index contributed by atoms with van der Waals surface area (Å²) in [5.74, 6) is 1.27. The molecule has 18 heavy (non-hydrogen) atoms. The van der Waals surface area contributed by atoms with Gasteiger partial charge in [-0.3, -0.25) is 4.79 Å². The van der Waals surface area contributed by atoms with E-state index in [1.165, 1.54) is 0 Å². The average Bonchev–Trinajstić information content (AvgIpc) is 2.40. The van der Waals surface area contributed by atoms with Gasteiger partial charge in [-0.05, 0) is 18.1 Å². The van der Waals surface area contributed by atoms with E-state index in [-0.39, 0.29) is 5.91 Å². The number of nitrogens with two attached hydrogens (primary N) is 1. The molecule has 0 aromatic heterocycles. The van der Waals surface area contributed by atoms with Crippen molar-refractivity contribution in [2.75, 3.05) is 33.9 Å². The van der Waals surface area contributed by atoms with Gasteiger partial charge in [0.1, 0.15) is 11.5 Å². The van der Waals surface area contributed by atoms with Crippen LogP contribution in [0.25, 0.3) is 0 Å². The highest BCUT2D eigenvalue weighted by molar-refractivity contribution is 5.99. The van der Waals surface area contributed by atoms with Crippen molar-refractivity contribution in [1.82, 2.24) is 4.90 Å². The molecule has 5 nitrogen and oxygen atoms in total. The van der Waals surface area contributed by atoms with Crippen LogP contribution in [0.5, 0.6) is 11.5 Å². The molecule has 2 rings (SSSR count). The number of carbonyl (C=O) groups is 1. The summed E-state index contributed by atoms with van der Waals surface area (Å²) in [6.07, 6.45) is 0.800. The number of amides is 1. The van der Waals surface area contributed by atoms with Crippen LogP contribution in [0, 0.1) is 0 Å². The minimum atomic E-state index is -0.0128. The lowest BCUT2D eigenvalue weighted by molar-refractivity contribution is 0.0740. The third kappa shape index (κ3) is 2.13. The predicted molar refractivity (Wildman–Crippen MR) is 68.2 cm³/mol. The first-order valence-corrected chi connectivity index (χ1v) is 5.95. The molecule has 0 fully saturated rings. The number of carbonyl (C=O) groups excluding carboxylic acids is 1. The Hall–Kier alpha value is -1.75. The molecular weight excluding hydrogens is 232 g/mol. The zero-order valence-corrected chi connectivity index (χ0v) is 10.7. The molecule has 0 radical (unpaired) electrons. The molecule has 1 aliphatic rings. The molecule has 1 aliphatic heterocycles. The van der Waals surface area contributed by atoms with Crippen molar-refractivity contribution in [3.63, 3.8) is 0 Å². The highest BCUT2D eigenvalue weighted by Gasteiger charge is 2.28. The quantitative estimate of drug-likeness (QED) is 0.852. The fraction of sp³-hybridized carbons (Fsp3) is 0.462. The van der Waals surface area contributed by atoms with E-state index in [4.69, 9.17) is 15.2 Å². The number of hydrogen-bond donors (Lipinski definition) is 1. The van der Waals surface area contributed by atoms with E-state index in [0.717, 1.165) is 12.0 Å². The summed E-state index contributed by atoms with van der Waals surface area (Å²) >= 11 is 0. The number of ether oxygens (including phenoxy) is 2. The third-order valence-corrected chi connectivity index (χ3v) is 3.16. The van der Waals surface area contributed by atoms with Crippen LogP contribution in [-0.2, 0) is 6.42 Å². The fourth-order valence-corrected chi connectivity index (χ4v) is 2.25. The van der Waals surface area contributed by atoms with Gasteiger partial charge in [0.25, 0.3) is 5.91 Å². The van der Waals surface area contributed by atoms with Crippen molar-refractivity contribution in [3.05, 3.63) is 23.3 Å². The standard InChI is InChI=1S/C13H18N2O3/c1-17-10-7-9-3-5-15(6-4-14)13(16)12(9)11(8-10)18-2/h7-8H,3-6,14H2,1-2H3. The first kappa shape index (κ1) is 12.7. The number of rotatable bonds is 4. The highest BCUT2D eigenvalue weighted by Crippen LogP contribution is 2.32. The fourth-order valence-electron chi connectivity index (χ4n) is 2.25. The minimum Gasteiger partial charge on any atom is -0.497 e. The maximum atomic E-state index is 12.3. The molecule has 1 amide bonds. The van der Waals surface area contributed by atoms with E-state index >= 15 is 0 Å².